The smallest absolute Gasteiger partial charge is 0.257 e. The number of carbonyl (C=O) groups is 1. The van der Waals surface area contributed by atoms with Crippen molar-refractivity contribution in [2.45, 2.75) is 6.92 Å². The van der Waals surface area contributed by atoms with Crippen molar-refractivity contribution in [3.8, 4) is 11.6 Å². The molecular formula is C16H17N5O2. The third-order valence-electron chi connectivity index (χ3n) is 3.38. The molecule has 0 aliphatic carbocycles. The number of amides is 1. The van der Waals surface area contributed by atoms with E-state index in [1.807, 2.05) is 31.2 Å². The van der Waals surface area contributed by atoms with Crippen molar-refractivity contribution >= 4 is 22.6 Å². The number of hydrogen-bond donors (Lipinski definition) is 2. The molecule has 3 aromatic rings. The highest BCUT2D eigenvalue weighted by atomic mass is 16.5. The summed E-state index contributed by atoms with van der Waals surface area (Å²) < 4.78 is 7.14. The third kappa shape index (κ3) is 2.94. The van der Waals surface area contributed by atoms with E-state index < -0.39 is 0 Å². The molecule has 1 amide bonds. The monoisotopic (exact) mass is 311 g/mol. The second kappa shape index (κ2) is 5.96. The number of nitrogens with zero attached hydrogens (tertiary/aromatic N) is 3. The van der Waals surface area contributed by atoms with Crippen LogP contribution in [0.5, 0.6) is 5.75 Å². The molecular weight excluding hydrogens is 294 g/mol. The summed E-state index contributed by atoms with van der Waals surface area (Å²) in [5.41, 5.74) is 7.42. The first-order valence-corrected chi connectivity index (χ1v) is 7.14. The molecule has 0 atom stereocenters. The Labute approximate surface area is 133 Å². The fourth-order valence-corrected chi connectivity index (χ4v) is 2.26. The first-order chi connectivity index (χ1) is 11.1. The molecule has 0 radical (unpaired) electrons. The van der Waals surface area contributed by atoms with Crippen molar-refractivity contribution < 1.29 is 9.53 Å². The van der Waals surface area contributed by atoms with Crippen molar-refractivity contribution in [2.24, 2.45) is 0 Å². The molecule has 3 N–H and O–H groups in total. The minimum absolute atomic E-state index is 0.0649. The second-order valence-electron chi connectivity index (χ2n) is 5.08. The van der Waals surface area contributed by atoms with E-state index in [0.717, 1.165) is 11.1 Å². The predicted octanol–water partition coefficient (Wildman–Crippen LogP) is 1.44. The number of nitrogens with one attached hydrogen (secondary N) is 1. The van der Waals surface area contributed by atoms with Gasteiger partial charge in [-0.25, -0.2) is 4.98 Å². The fraction of sp³-hybridized carbons (Fsp3) is 0.188. The maximum Gasteiger partial charge on any atom is 0.257 e. The zero-order valence-electron chi connectivity index (χ0n) is 12.9. The summed E-state index contributed by atoms with van der Waals surface area (Å²) in [5, 5.41) is 7.75. The van der Waals surface area contributed by atoms with Crippen LogP contribution in [0, 0.1) is 6.92 Å². The SMILES string of the molecule is CNC(=O)COc1cccc2ccc(-n3nc(C)cc3N)nc12. The molecule has 118 valence electrons. The van der Waals surface area contributed by atoms with Crippen LogP contribution in [-0.2, 0) is 4.79 Å². The molecule has 7 heteroatoms. The Morgan fingerprint density at radius 1 is 1.35 bits per heavy atom. The number of anilines is 1. The van der Waals surface area contributed by atoms with Gasteiger partial charge in [-0.2, -0.15) is 9.78 Å². The summed E-state index contributed by atoms with van der Waals surface area (Å²) in [6.45, 7) is 1.80. The van der Waals surface area contributed by atoms with Crippen molar-refractivity contribution in [1.82, 2.24) is 20.1 Å². The zero-order chi connectivity index (χ0) is 16.4. The van der Waals surface area contributed by atoms with Gasteiger partial charge in [0.1, 0.15) is 17.1 Å². The first-order valence-electron chi connectivity index (χ1n) is 7.14. The van der Waals surface area contributed by atoms with Gasteiger partial charge in [0.05, 0.1) is 5.69 Å². The summed E-state index contributed by atoms with van der Waals surface area (Å²) in [7, 11) is 1.56. The van der Waals surface area contributed by atoms with Crippen LogP contribution in [0.3, 0.4) is 0 Å². The molecule has 2 aromatic heterocycles. The Balaban J connectivity index is 2.03. The summed E-state index contributed by atoms with van der Waals surface area (Å²) in [4.78, 5) is 16.0. The van der Waals surface area contributed by atoms with E-state index in [4.69, 9.17) is 10.5 Å². The highest BCUT2D eigenvalue weighted by molar-refractivity contribution is 5.86. The number of pyridine rings is 1. The molecule has 0 saturated carbocycles. The van der Waals surface area contributed by atoms with Crippen molar-refractivity contribution in [1.29, 1.82) is 0 Å². The molecule has 0 aliphatic rings. The number of para-hydroxylation sites is 1. The lowest BCUT2D eigenvalue weighted by Gasteiger charge is -2.10. The molecule has 23 heavy (non-hydrogen) atoms. The normalized spacial score (nSPS) is 10.7. The standard InChI is InChI=1S/C16H17N5O2/c1-10-8-13(17)21(20-10)14-7-6-11-4-3-5-12(16(11)19-14)23-9-15(22)18-2/h3-8H,9,17H2,1-2H3,(H,18,22). The highest BCUT2D eigenvalue weighted by Crippen LogP contribution is 2.25. The van der Waals surface area contributed by atoms with Gasteiger partial charge in [-0.3, -0.25) is 4.79 Å². The van der Waals surface area contributed by atoms with Crippen LogP contribution in [-0.4, -0.2) is 34.3 Å². The molecule has 0 aliphatic heterocycles. The number of fused-ring (bicyclic) bond motifs is 1. The van der Waals surface area contributed by atoms with E-state index in [1.54, 1.807) is 23.9 Å². The molecule has 3 rings (SSSR count). The lowest BCUT2D eigenvalue weighted by atomic mass is 10.2. The average Bonchev–Trinajstić information content (AvgIpc) is 2.90. The number of ether oxygens (including phenoxy) is 1. The lowest BCUT2D eigenvalue weighted by Crippen LogP contribution is -2.24. The van der Waals surface area contributed by atoms with Gasteiger partial charge < -0.3 is 15.8 Å². The number of likely N-dealkylation sites (N-methyl/N-ethyl adjacent to an activating group) is 1. The number of carbonyl (C=O) groups excluding carboxylic acids is 1. The largest absolute Gasteiger partial charge is 0.481 e. The summed E-state index contributed by atoms with van der Waals surface area (Å²) in [6, 6.07) is 11.1. The van der Waals surface area contributed by atoms with Crippen LogP contribution in [0.25, 0.3) is 16.7 Å². The van der Waals surface area contributed by atoms with Crippen LogP contribution in [0.15, 0.2) is 36.4 Å². The zero-order valence-corrected chi connectivity index (χ0v) is 12.9. The Kier molecular flexibility index (Phi) is 3.84. The fourth-order valence-electron chi connectivity index (χ4n) is 2.26. The molecule has 0 bridgehead atoms. The maximum atomic E-state index is 11.4. The number of nitrogen functional groups attached to an aromatic ring is 1. The number of hydrogen-bond acceptors (Lipinski definition) is 5. The van der Waals surface area contributed by atoms with Gasteiger partial charge in [0, 0.05) is 18.5 Å². The minimum Gasteiger partial charge on any atom is -0.481 e. The maximum absolute atomic E-state index is 11.4. The number of rotatable bonds is 4. The second-order valence-corrected chi connectivity index (χ2v) is 5.08. The Bertz CT molecular complexity index is 872. The first kappa shape index (κ1) is 14.8. The minimum atomic E-state index is -0.204. The molecule has 0 unspecified atom stereocenters. The predicted molar refractivity (Wildman–Crippen MR) is 87.6 cm³/mol. The highest BCUT2D eigenvalue weighted by Gasteiger charge is 2.10. The summed E-state index contributed by atoms with van der Waals surface area (Å²) in [5.74, 6) is 1.44. The van der Waals surface area contributed by atoms with Crippen molar-refractivity contribution in [3.05, 3.63) is 42.1 Å². The van der Waals surface area contributed by atoms with E-state index >= 15 is 0 Å². The Morgan fingerprint density at radius 3 is 2.87 bits per heavy atom. The number of nitrogens with two attached hydrogens (primary N) is 1. The van der Waals surface area contributed by atoms with Gasteiger partial charge in [-0.15, -0.1) is 0 Å². The quantitative estimate of drug-likeness (QED) is 0.760. The Morgan fingerprint density at radius 2 is 2.17 bits per heavy atom. The topological polar surface area (TPSA) is 95.1 Å². The van der Waals surface area contributed by atoms with Crippen LogP contribution in [0.1, 0.15) is 5.69 Å². The van der Waals surface area contributed by atoms with Gasteiger partial charge in [0.15, 0.2) is 12.4 Å². The Hall–Kier alpha value is -3.09. The van der Waals surface area contributed by atoms with Gasteiger partial charge in [0.25, 0.3) is 5.91 Å². The molecule has 2 heterocycles. The van der Waals surface area contributed by atoms with Crippen LogP contribution < -0.4 is 15.8 Å². The van der Waals surface area contributed by atoms with Crippen LogP contribution in [0.2, 0.25) is 0 Å². The molecule has 0 spiro atoms. The van der Waals surface area contributed by atoms with E-state index in [0.29, 0.717) is 22.9 Å². The van der Waals surface area contributed by atoms with Gasteiger partial charge >= 0.3 is 0 Å². The summed E-state index contributed by atoms with van der Waals surface area (Å²) >= 11 is 0. The van der Waals surface area contributed by atoms with Crippen LogP contribution >= 0.6 is 0 Å². The third-order valence-corrected chi connectivity index (χ3v) is 3.38. The lowest BCUT2D eigenvalue weighted by molar-refractivity contribution is -0.122. The van der Waals surface area contributed by atoms with E-state index in [9.17, 15) is 4.79 Å². The number of benzene rings is 1. The average molecular weight is 311 g/mol. The van der Waals surface area contributed by atoms with Gasteiger partial charge in [-0.1, -0.05) is 12.1 Å². The van der Waals surface area contributed by atoms with Crippen molar-refractivity contribution in [3.63, 3.8) is 0 Å². The van der Waals surface area contributed by atoms with E-state index in [1.165, 1.54) is 0 Å². The number of aryl methyl sites for hydroxylation is 1. The van der Waals surface area contributed by atoms with Crippen LogP contribution in [0.4, 0.5) is 5.82 Å². The molecule has 7 nitrogen and oxygen atoms in total. The van der Waals surface area contributed by atoms with E-state index in [-0.39, 0.29) is 12.5 Å². The molecule has 1 aromatic carbocycles. The summed E-state index contributed by atoms with van der Waals surface area (Å²) in [6.07, 6.45) is 0. The van der Waals surface area contributed by atoms with Gasteiger partial charge in [-0.05, 0) is 25.1 Å². The molecule has 0 saturated heterocycles. The van der Waals surface area contributed by atoms with E-state index in [2.05, 4.69) is 15.4 Å². The number of aromatic nitrogens is 3. The van der Waals surface area contributed by atoms with Crippen molar-refractivity contribution in [2.75, 3.05) is 19.4 Å². The molecule has 0 fully saturated rings. The van der Waals surface area contributed by atoms with Gasteiger partial charge in [0.2, 0.25) is 0 Å².